The summed E-state index contributed by atoms with van der Waals surface area (Å²) in [5, 5.41) is 6.63. The first-order valence-corrected chi connectivity index (χ1v) is 9.03. The maximum absolute atomic E-state index is 5.74. The highest BCUT2D eigenvalue weighted by Gasteiger charge is 2.01. The molecule has 27 heavy (non-hydrogen) atoms. The van der Waals surface area contributed by atoms with Crippen LogP contribution in [0.4, 0.5) is 0 Å². The van der Waals surface area contributed by atoms with Crippen molar-refractivity contribution in [1.29, 1.82) is 0 Å². The molecule has 2 N–H and O–H groups in total. The summed E-state index contributed by atoms with van der Waals surface area (Å²) in [7, 11) is 5.12. The first kappa shape index (κ1) is 20.6. The summed E-state index contributed by atoms with van der Waals surface area (Å²) in [6, 6.07) is 16.0. The molecule has 0 atom stereocenters. The Labute approximate surface area is 161 Å². The summed E-state index contributed by atoms with van der Waals surface area (Å²) < 4.78 is 15.9. The molecule has 0 spiro atoms. The van der Waals surface area contributed by atoms with Crippen molar-refractivity contribution in [3.8, 4) is 11.5 Å². The largest absolute Gasteiger partial charge is 0.497 e. The third-order valence-electron chi connectivity index (χ3n) is 3.96. The Bertz CT molecular complexity index is 702. The highest BCUT2D eigenvalue weighted by molar-refractivity contribution is 5.79. The van der Waals surface area contributed by atoms with Gasteiger partial charge in [0.25, 0.3) is 0 Å². The standard InChI is InChI=1S/C21H29N3O3/c1-22-21(23-15-17-8-10-19(26-3)11-9-17)24-16-18-6-4-7-20(14-18)27-13-5-12-25-2/h4,6-11,14H,5,12-13,15-16H2,1-3H3,(H2,22,23,24). The molecule has 0 aliphatic carbocycles. The lowest BCUT2D eigenvalue weighted by atomic mass is 10.2. The topological polar surface area (TPSA) is 64.1 Å². The van der Waals surface area contributed by atoms with Crippen molar-refractivity contribution in [2.45, 2.75) is 19.5 Å². The van der Waals surface area contributed by atoms with E-state index in [9.17, 15) is 0 Å². The number of hydrogen-bond donors (Lipinski definition) is 2. The highest BCUT2D eigenvalue weighted by Crippen LogP contribution is 2.14. The molecule has 0 fully saturated rings. The number of guanidine groups is 1. The van der Waals surface area contributed by atoms with Crippen molar-refractivity contribution in [3.63, 3.8) is 0 Å². The molecule has 0 heterocycles. The molecule has 2 rings (SSSR count). The maximum Gasteiger partial charge on any atom is 0.191 e. The molecule has 0 aliphatic heterocycles. The van der Waals surface area contributed by atoms with Crippen molar-refractivity contribution in [2.75, 3.05) is 34.5 Å². The summed E-state index contributed by atoms with van der Waals surface area (Å²) in [6.45, 7) is 2.71. The molecule has 2 aromatic rings. The van der Waals surface area contributed by atoms with Crippen LogP contribution >= 0.6 is 0 Å². The van der Waals surface area contributed by atoms with Crippen LogP contribution in [0.15, 0.2) is 53.5 Å². The average Bonchev–Trinajstić information content (AvgIpc) is 2.72. The summed E-state index contributed by atoms with van der Waals surface area (Å²) in [5.41, 5.74) is 2.29. The van der Waals surface area contributed by atoms with Crippen molar-refractivity contribution < 1.29 is 14.2 Å². The molecule has 146 valence electrons. The Morgan fingerprint density at radius 3 is 2.30 bits per heavy atom. The molecule has 0 unspecified atom stereocenters. The van der Waals surface area contributed by atoms with Gasteiger partial charge in [0, 0.05) is 40.3 Å². The van der Waals surface area contributed by atoms with E-state index in [1.165, 1.54) is 0 Å². The summed E-state index contributed by atoms with van der Waals surface area (Å²) in [5.74, 6) is 2.47. The van der Waals surface area contributed by atoms with Crippen LogP contribution in [-0.4, -0.2) is 40.4 Å². The van der Waals surface area contributed by atoms with Crippen LogP contribution < -0.4 is 20.1 Å². The van der Waals surface area contributed by atoms with Crippen LogP contribution in [0.5, 0.6) is 11.5 Å². The van der Waals surface area contributed by atoms with Gasteiger partial charge in [-0.25, -0.2) is 0 Å². The van der Waals surface area contributed by atoms with Gasteiger partial charge < -0.3 is 24.8 Å². The summed E-state index contributed by atoms with van der Waals surface area (Å²) in [6.07, 6.45) is 0.876. The third kappa shape index (κ3) is 7.58. The number of ether oxygens (including phenoxy) is 3. The van der Waals surface area contributed by atoms with E-state index in [0.717, 1.165) is 35.0 Å². The Hall–Kier alpha value is -2.73. The van der Waals surface area contributed by atoms with Crippen molar-refractivity contribution in [3.05, 3.63) is 59.7 Å². The molecule has 6 nitrogen and oxygen atoms in total. The minimum absolute atomic E-state index is 0.649. The second kappa shape index (κ2) is 11.8. The number of methoxy groups -OCH3 is 2. The molecule has 0 saturated heterocycles. The molecule has 0 radical (unpaired) electrons. The zero-order valence-corrected chi connectivity index (χ0v) is 16.3. The van der Waals surface area contributed by atoms with Gasteiger partial charge in [-0.15, -0.1) is 0 Å². The van der Waals surface area contributed by atoms with Crippen LogP contribution in [0, 0.1) is 0 Å². The van der Waals surface area contributed by atoms with Gasteiger partial charge in [0.2, 0.25) is 0 Å². The first-order valence-electron chi connectivity index (χ1n) is 9.03. The smallest absolute Gasteiger partial charge is 0.191 e. The number of hydrogen-bond acceptors (Lipinski definition) is 4. The zero-order valence-electron chi connectivity index (χ0n) is 16.3. The first-order chi connectivity index (χ1) is 13.2. The Balaban J connectivity index is 1.79. The van der Waals surface area contributed by atoms with E-state index in [0.29, 0.717) is 26.3 Å². The molecule has 0 amide bonds. The van der Waals surface area contributed by atoms with Gasteiger partial charge in [0.1, 0.15) is 11.5 Å². The van der Waals surface area contributed by atoms with Crippen LogP contribution in [0.2, 0.25) is 0 Å². The van der Waals surface area contributed by atoms with Crippen molar-refractivity contribution >= 4 is 5.96 Å². The monoisotopic (exact) mass is 371 g/mol. The van der Waals surface area contributed by atoms with E-state index in [2.05, 4.69) is 21.7 Å². The molecule has 2 aromatic carbocycles. The van der Waals surface area contributed by atoms with Gasteiger partial charge in [0.05, 0.1) is 13.7 Å². The number of aliphatic imine (C=N–C) groups is 1. The molecular formula is C21H29N3O3. The fourth-order valence-corrected chi connectivity index (χ4v) is 2.47. The van der Waals surface area contributed by atoms with Gasteiger partial charge >= 0.3 is 0 Å². The van der Waals surface area contributed by atoms with Gasteiger partial charge in [-0.05, 0) is 35.4 Å². The third-order valence-corrected chi connectivity index (χ3v) is 3.96. The van der Waals surface area contributed by atoms with Crippen molar-refractivity contribution in [2.24, 2.45) is 4.99 Å². The number of rotatable bonds is 10. The Kier molecular flexibility index (Phi) is 9.00. The van der Waals surface area contributed by atoms with Crippen LogP contribution in [0.25, 0.3) is 0 Å². The van der Waals surface area contributed by atoms with E-state index in [-0.39, 0.29) is 0 Å². The SMILES string of the molecule is CN=C(NCc1ccc(OC)cc1)NCc1cccc(OCCCOC)c1. The highest BCUT2D eigenvalue weighted by atomic mass is 16.5. The molecule has 0 aliphatic rings. The zero-order chi connectivity index (χ0) is 19.3. The molecule has 6 heteroatoms. The van der Waals surface area contributed by atoms with Crippen LogP contribution in [0.1, 0.15) is 17.5 Å². The second-order valence-corrected chi connectivity index (χ2v) is 5.97. The fraction of sp³-hybridized carbons (Fsp3) is 0.381. The van der Waals surface area contributed by atoms with Crippen molar-refractivity contribution in [1.82, 2.24) is 10.6 Å². The molecular weight excluding hydrogens is 342 g/mol. The molecule has 0 bridgehead atoms. The second-order valence-electron chi connectivity index (χ2n) is 5.97. The predicted octanol–water partition coefficient (Wildman–Crippen LogP) is 2.98. The van der Waals surface area contributed by atoms with E-state index in [1.807, 2.05) is 42.5 Å². The summed E-state index contributed by atoms with van der Waals surface area (Å²) in [4.78, 5) is 4.27. The lowest BCUT2D eigenvalue weighted by Crippen LogP contribution is -2.36. The molecule has 0 saturated carbocycles. The van der Waals surface area contributed by atoms with E-state index in [4.69, 9.17) is 14.2 Å². The van der Waals surface area contributed by atoms with E-state index < -0.39 is 0 Å². The number of nitrogens with zero attached hydrogens (tertiary/aromatic N) is 1. The fourth-order valence-electron chi connectivity index (χ4n) is 2.47. The number of nitrogens with one attached hydrogen (secondary N) is 2. The lowest BCUT2D eigenvalue weighted by molar-refractivity contribution is 0.172. The Morgan fingerprint density at radius 1 is 0.889 bits per heavy atom. The lowest BCUT2D eigenvalue weighted by Gasteiger charge is -2.13. The average molecular weight is 371 g/mol. The van der Waals surface area contributed by atoms with Crippen LogP contribution in [-0.2, 0) is 17.8 Å². The van der Waals surface area contributed by atoms with Gasteiger partial charge in [0.15, 0.2) is 5.96 Å². The quantitative estimate of drug-likeness (QED) is 0.382. The van der Waals surface area contributed by atoms with E-state index in [1.54, 1.807) is 21.3 Å². The normalized spacial score (nSPS) is 11.1. The molecule has 0 aromatic heterocycles. The minimum atomic E-state index is 0.649. The minimum Gasteiger partial charge on any atom is -0.497 e. The number of benzene rings is 2. The summed E-state index contributed by atoms with van der Waals surface area (Å²) >= 11 is 0. The Morgan fingerprint density at radius 2 is 1.63 bits per heavy atom. The van der Waals surface area contributed by atoms with E-state index >= 15 is 0 Å². The predicted molar refractivity (Wildman–Crippen MR) is 108 cm³/mol. The van der Waals surface area contributed by atoms with Gasteiger partial charge in [-0.3, -0.25) is 4.99 Å². The van der Waals surface area contributed by atoms with Gasteiger partial charge in [-0.1, -0.05) is 24.3 Å². The maximum atomic E-state index is 5.74. The van der Waals surface area contributed by atoms with Gasteiger partial charge in [-0.2, -0.15) is 0 Å². The van der Waals surface area contributed by atoms with Crippen LogP contribution in [0.3, 0.4) is 0 Å².